The van der Waals surface area contributed by atoms with Gasteiger partial charge in [-0.05, 0) is 17.7 Å². The number of H-pyrrole nitrogens is 1. The highest BCUT2D eigenvalue weighted by atomic mass is 35.5. The third kappa shape index (κ3) is 3.48. The summed E-state index contributed by atoms with van der Waals surface area (Å²) >= 11 is 6.01. The van der Waals surface area contributed by atoms with Gasteiger partial charge in [-0.25, -0.2) is 0 Å². The Morgan fingerprint density at radius 3 is 2.71 bits per heavy atom. The molecule has 5 nitrogen and oxygen atoms in total. The van der Waals surface area contributed by atoms with E-state index in [-0.39, 0.29) is 12.5 Å². The van der Waals surface area contributed by atoms with Crippen LogP contribution in [0.15, 0.2) is 60.8 Å². The minimum Gasteiger partial charge on any atom is -0.394 e. The highest BCUT2D eigenvalue weighted by Gasteiger charge is 2.19. The fraction of sp³-hybridized carbons (Fsp3) is 0.111. The molecule has 1 atom stereocenters. The normalized spacial score (nSPS) is 11.9. The van der Waals surface area contributed by atoms with Crippen LogP contribution in [-0.4, -0.2) is 27.8 Å². The number of nitrogens with one attached hydrogen (secondary N) is 2. The molecule has 3 N–H and O–H groups in total. The molecule has 0 bridgehead atoms. The summed E-state index contributed by atoms with van der Waals surface area (Å²) < 4.78 is 0. The van der Waals surface area contributed by atoms with Crippen molar-refractivity contribution in [3.05, 3.63) is 76.9 Å². The molecule has 0 spiro atoms. The van der Waals surface area contributed by atoms with Crippen molar-refractivity contribution in [1.82, 2.24) is 15.5 Å². The van der Waals surface area contributed by atoms with Gasteiger partial charge in [-0.1, -0.05) is 54.1 Å². The molecule has 2 aromatic carbocycles. The Bertz CT molecular complexity index is 833. The van der Waals surface area contributed by atoms with Crippen molar-refractivity contribution in [3.63, 3.8) is 0 Å². The highest BCUT2D eigenvalue weighted by molar-refractivity contribution is 6.30. The molecular formula is C18H16ClN3O2. The van der Waals surface area contributed by atoms with Gasteiger partial charge in [0.2, 0.25) is 0 Å². The minimum absolute atomic E-state index is 0.194. The quantitative estimate of drug-likeness (QED) is 0.667. The maximum absolute atomic E-state index is 12.6. The number of halogens is 1. The molecule has 0 aliphatic rings. The van der Waals surface area contributed by atoms with Gasteiger partial charge < -0.3 is 10.4 Å². The molecule has 24 heavy (non-hydrogen) atoms. The summed E-state index contributed by atoms with van der Waals surface area (Å²) in [6, 6.07) is 16.0. The number of hydrogen-bond acceptors (Lipinski definition) is 3. The van der Waals surface area contributed by atoms with Gasteiger partial charge in [-0.2, -0.15) is 5.10 Å². The minimum atomic E-state index is -0.485. The maximum Gasteiger partial charge on any atom is 0.255 e. The molecule has 0 radical (unpaired) electrons. The standard InChI is InChI=1S/C18H16ClN3O2/c19-14-8-4-7-13(9-14)17-15(10-20-22-17)18(24)21-16(11-23)12-5-2-1-3-6-12/h1-10,16,23H,11H2,(H,20,22)(H,21,24)/t16-/m1/s1. The van der Waals surface area contributed by atoms with Crippen LogP contribution in [0.1, 0.15) is 22.0 Å². The van der Waals surface area contributed by atoms with Crippen molar-refractivity contribution in [1.29, 1.82) is 0 Å². The van der Waals surface area contributed by atoms with Crippen molar-refractivity contribution in [2.45, 2.75) is 6.04 Å². The lowest BCUT2D eigenvalue weighted by molar-refractivity contribution is 0.0917. The predicted molar refractivity (Wildman–Crippen MR) is 92.8 cm³/mol. The van der Waals surface area contributed by atoms with Crippen LogP contribution in [0, 0.1) is 0 Å². The summed E-state index contributed by atoms with van der Waals surface area (Å²) in [5.41, 5.74) is 2.58. The van der Waals surface area contributed by atoms with Gasteiger partial charge in [-0.3, -0.25) is 9.89 Å². The second kappa shape index (κ2) is 7.29. The average molecular weight is 342 g/mol. The van der Waals surface area contributed by atoms with Crippen molar-refractivity contribution >= 4 is 17.5 Å². The van der Waals surface area contributed by atoms with Gasteiger partial charge in [0.1, 0.15) is 0 Å². The maximum atomic E-state index is 12.6. The first-order valence-electron chi connectivity index (χ1n) is 7.45. The average Bonchev–Trinajstić information content (AvgIpc) is 3.10. The molecule has 3 rings (SSSR count). The van der Waals surface area contributed by atoms with Crippen LogP contribution in [0.2, 0.25) is 5.02 Å². The van der Waals surface area contributed by atoms with Crippen molar-refractivity contribution in [2.75, 3.05) is 6.61 Å². The van der Waals surface area contributed by atoms with Crippen molar-refractivity contribution in [3.8, 4) is 11.3 Å². The van der Waals surface area contributed by atoms with E-state index in [2.05, 4.69) is 15.5 Å². The van der Waals surface area contributed by atoms with E-state index in [0.29, 0.717) is 16.3 Å². The SMILES string of the molecule is O=C(N[C@H](CO)c1ccccc1)c1cn[nH]c1-c1cccc(Cl)c1. The van der Waals surface area contributed by atoms with E-state index < -0.39 is 6.04 Å². The monoisotopic (exact) mass is 341 g/mol. The molecule has 0 saturated heterocycles. The molecule has 1 heterocycles. The first-order chi connectivity index (χ1) is 11.7. The third-order valence-corrected chi connectivity index (χ3v) is 3.92. The lowest BCUT2D eigenvalue weighted by Gasteiger charge is -2.16. The molecule has 6 heteroatoms. The molecule has 0 aliphatic carbocycles. The zero-order chi connectivity index (χ0) is 16.9. The van der Waals surface area contributed by atoms with E-state index >= 15 is 0 Å². The van der Waals surface area contributed by atoms with Crippen LogP contribution in [-0.2, 0) is 0 Å². The van der Waals surface area contributed by atoms with Crippen molar-refractivity contribution < 1.29 is 9.90 Å². The molecular weight excluding hydrogens is 326 g/mol. The molecule has 0 fully saturated rings. The zero-order valence-electron chi connectivity index (χ0n) is 12.7. The third-order valence-electron chi connectivity index (χ3n) is 3.69. The van der Waals surface area contributed by atoms with Crippen LogP contribution in [0.5, 0.6) is 0 Å². The number of aliphatic hydroxyl groups is 1. The fourth-order valence-electron chi connectivity index (χ4n) is 2.48. The van der Waals surface area contributed by atoms with Gasteiger partial charge in [0, 0.05) is 10.6 Å². The number of aromatic nitrogens is 2. The number of nitrogens with zero attached hydrogens (tertiary/aromatic N) is 1. The van der Waals surface area contributed by atoms with E-state index in [4.69, 9.17) is 11.6 Å². The molecule has 122 valence electrons. The van der Waals surface area contributed by atoms with E-state index in [1.54, 1.807) is 18.2 Å². The largest absolute Gasteiger partial charge is 0.394 e. The second-order valence-electron chi connectivity index (χ2n) is 5.29. The summed E-state index contributed by atoms with van der Waals surface area (Å²) in [5.74, 6) is -0.318. The van der Waals surface area contributed by atoms with Gasteiger partial charge in [0.15, 0.2) is 0 Å². The second-order valence-corrected chi connectivity index (χ2v) is 5.72. The summed E-state index contributed by atoms with van der Waals surface area (Å²) in [5, 5.41) is 19.8. The number of aliphatic hydroxyl groups excluding tert-OH is 1. The number of rotatable bonds is 5. The topological polar surface area (TPSA) is 78.0 Å². The highest BCUT2D eigenvalue weighted by Crippen LogP contribution is 2.24. The number of amides is 1. The zero-order valence-corrected chi connectivity index (χ0v) is 13.5. The van der Waals surface area contributed by atoms with E-state index in [9.17, 15) is 9.90 Å². The van der Waals surface area contributed by atoms with E-state index in [1.165, 1.54) is 6.20 Å². The van der Waals surface area contributed by atoms with Crippen LogP contribution in [0.4, 0.5) is 0 Å². The number of carbonyl (C=O) groups is 1. The lowest BCUT2D eigenvalue weighted by Crippen LogP contribution is -2.30. The van der Waals surface area contributed by atoms with Crippen LogP contribution >= 0.6 is 11.6 Å². The lowest BCUT2D eigenvalue weighted by atomic mass is 10.1. The van der Waals surface area contributed by atoms with Crippen LogP contribution < -0.4 is 5.32 Å². The Balaban J connectivity index is 1.85. The smallest absolute Gasteiger partial charge is 0.255 e. The molecule has 0 aliphatic heterocycles. The number of benzene rings is 2. The first-order valence-corrected chi connectivity index (χ1v) is 7.83. The van der Waals surface area contributed by atoms with Crippen LogP contribution in [0.25, 0.3) is 11.3 Å². The number of aromatic amines is 1. The van der Waals surface area contributed by atoms with Crippen LogP contribution in [0.3, 0.4) is 0 Å². The van der Waals surface area contributed by atoms with Gasteiger partial charge in [-0.15, -0.1) is 0 Å². The Morgan fingerprint density at radius 2 is 2.00 bits per heavy atom. The van der Waals surface area contributed by atoms with Gasteiger partial charge >= 0.3 is 0 Å². The number of hydrogen-bond donors (Lipinski definition) is 3. The van der Waals surface area contributed by atoms with Gasteiger partial charge in [0.05, 0.1) is 30.1 Å². The molecule has 0 unspecified atom stereocenters. The Labute approximate surface area is 144 Å². The van der Waals surface area contributed by atoms with Crippen molar-refractivity contribution in [2.24, 2.45) is 0 Å². The first kappa shape index (κ1) is 16.2. The predicted octanol–water partition coefficient (Wildman–Crippen LogP) is 3.19. The number of carbonyl (C=O) groups excluding carboxylic acids is 1. The Hall–Kier alpha value is -2.63. The Morgan fingerprint density at radius 1 is 1.21 bits per heavy atom. The fourth-order valence-corrected chi connectivity index (χ4v) is 2.67. The summed E-state index contributed by atoms with van der Waals surface area (Å²) in [6.45, 7) is -0.194. The molecule has 3 aromatic rings. The Kier molecular flexibility index (Phi) is 4.93. The molecule has 0 saturated carbocycles. The summed E-state index contributed by atoms with van der Waals surface area (Å²) in [6.07, 6.45) is 1.46. The molecule has 1 aromatic heterocycles. The summed E-state index contributed by atoms with van der Waals surface area (Å²) in [4.78, 5) is 12.6. The van der Waals surface area contributed by atoms with E-state index in [1.807, 2.05) is 36.4 Å². The summed E-state index contributed by atoms with van der Waals surface area (Å²) in [7, 11) is 0. The van der Waals surface area contributed by atoms with E-state index in [0.717, 1.165) is 11.1 Å². The molecule has 1 amide bonds. The van der Waals surface area contributed by atoms with Gasteiger partial charge in [0.25, 0.3) is 5.91 Å².